The van der Waals surface area contributed by atoms with Crippen molar-refractivity contribution in [3.63, 3.8) is 0 Å². The van der Waals surface area contributed by atoms with E-state index >= 15 is 0 Å². The fourth-order valence-electron chi connectivity index (χ4n) is 3.69. The smallest absolute Gasteiger partial charge is 0.336 e. The molecule has 0 bridgehead atoms. The van der Waals surface area contributed by atoms with Crippen molar-refractivity contribution >= 4 is 29.6 Å². The number of nitrogens with two attached hydrogens (primary N) is 1. The van der Waals surface area contributed by atoms with Gasteiger partial charge < -0.3 is 36.6 Å². The van der Waals surface area contributed by atoms with Crippen LogP contribution in [0.2, 0.25) is 0 Å². The summed E-state index contributed by atoms with van der Waals surface area (Å²) in [7, 11) is 0. The second kappa shape index (κ2) is 12.2. The summed E-state index contributed by atoms with van der Waals surface area (Å²) in [6, 6.07) is 9.97. The van der Waals surface area contributed by atoms with Gasteiger partial charge >= 0.3 is 5.97 Å². The highest BCUT2D eigenvalue weighted by atomic mass is 16.6. The Kier molecular flexibility index (Phi) is 9.02. The molecule has 0 saturated carbocycles. The number of benzene rings is 2. The zero-order chi connectivity index (χ0) is 28.0. The number of primary amides is 1. The van der Waals surface area contributed by atoms with Gasteiger partial charge in [-0.25, -0.2) is 4.79 Å². The van der Waals surface area contributed by atoms with Crippen LogP contribution >= 0.6 is 0 Å². The van der Waals surface area contributed by atoms with E-state index in [0.29, 0.717) is 5.56 Å². The van der Waals surface area contributed by atoms with Gasteiger partial charge in [-0.3, -0.25) is 19.2 Å². The van der Waals surface area contributed by atoms with Crippen molar-refractivity contribution in [1.82, 2.24) is 16.0 Å². The van der Waals surface area contributed by atoms with Crippen LogP contribution in [0.15, 0.2) is 48.5 Å². The molecule has 2 aromatic rings. The molecular weight excluding hydrogens is 496 g/mol. The molecule has 0 unspecified atom stereocenters. The summed E-state index contributed by atoms with van der Waals surface area (Å²) < 4.78 is 4.86. The number of carboxylic acids is 1. The number of epoxide rings is 1. The zero-order valence-electron chi connectivity index (χ0n) is 20.8. The number of rotatable bonds is 12. The van der Waals surface area contributed by atoms with E-state index in [1.807, 2.05) is 19.1 Å². The van der Waals surface area contributed by atoms with E-state index in [1.54, 1.807) is 24.3 Å². The van der Waals surface area contributed by atoms with Crippen LogP contribution < -0.4 is 21.7 Å². The Balaban J connectivity index is 1.65. The minimum absolute atomic E-state index is 0.0451. The molecule has 1 fully saturated rings. The van der Waals surface area contributed by atoms with Gasteiger partial charge in [0.2, 0.25) is 17.7 Å². The Hall–Kier alpha value is -4.45. The zero-order valence-corrected chi connectivity index (χ0v) is 20.8. The first-order valence-electron chi connectivity index (χ1n) is 11.9. The summed E-state index contributed by atoms with van der Waals surface area (Å²) in [5.41, 5.74) is 7.80. The fourth-order valence-corrected chi connectivity index (χ4v) is 3.69. The van der Waals surface area contributed by atoms with Crippen molar-refractivity contribution in [2.45, 2.75) is 57.0 Å². The average molecular weight is 527 g/mol. The molecule has 4 amide bonds. The monoisotopic (exact) mass is 526 g/mol. The summed E-state index contributed by atoms with van der Waals surface area (Å²) in [5, 5.41) is 25.9. The molecule has 12 heteroatoms. The van der Waals surface area contributed by atoms with Crippen LogP contribution in [0, 0.1) is 6.92 Å². The van der Waals surface area contributed by atoms with Crippen LogP contribution in [0.3, 0.4) is 0 Å². The Morgan fingerprint density at radius 3 is 1.92 bits per heavy atom. The maximum atomic E-state index is 13.1. The molecule has 0 radical (unpaired) electrons. The molecule has 1 aliphatic rings. The first kappa shape index (κ1) is 28.1. The van der Waals surface area contributed by atoms with Gasteiger partial charge in [-0.15, -0.1) is 0 Å². The van der Waals surface area contributed by atoms with Crippen molar-refractivity contribution in [1.29, 1.82) is 0 Å². The predicted molar refractivity (Wildman–Crippen MR) is 134 cm³/mol. The van der Waals surface area contributed by atoms with Crippen molar-refractivity contribution in [2.75, 3.05) is 0 Å². The van der Waals surface area contributed by atoms with E-state index in [2.05, 4.69) is 16.0 Å². The van der Waals surface area contributed by atoms with Crippen molar-refractivity contribution in [3.05, 3.63) is 65.2 Å². The van der Waals surface area contributed by atoms with Gasteiger partial charge in [0.1, 0.15) is 23.9 Å². The average Bonchev–Trinajstić information content (AvgIpc) is 3.67. The standard InChI is InChI=1S/C26H30N4O8/c1-13-3-5-15(6-4-13)12-19(30-25(35)20-21(38-20)26(36)37)24(34)28-14(2)23(33)29-18(22(27)32)11-16-7-9-17(31)10-8-16/h3-10,14,18-21,31H,11-12H2,1-2H3,(H2,27,32)(H,28,34)(H,29,33)(H,30,35)(H,36,37)/t14-,18-,19-,20-,21-/m0/s1. The number of phenols is 1. The Morgan fingerprint density at radius 1 is 0.842 bits per heavy atom. The molecule has 38 heavy (non-hydrogen) atoms. The number of aryl methyl sites for hydroxylation is 1. The highest BCUT2D eigenvalue weighted by Gasteiger charge is 2.51. The summed E-state index contributed by atoms with van der Waals surface area (Å²) >= 11 is 0. The van der Waals surface area contributed by atoms with E-state index in [-0.39, 0.29) is 18.6 Å². The van der Waals surface area contributed by atoms with Crippen LogP contribution in [0.1, 0.15) is 23.6 Å². The fraction of sp³-hybridized carbons (Fsp3) is 0.346. The molecule has 3 rings (SSSR count). The number of aromatic hydroxyl groups is 1. The first-order valence-corrected chi connectivity index (χ1v) is 11.9. The Morgan fingerprint density at radius 2 is 1.39 bits per heavy atom. The van der Waals surface area contributed by atoms with Crippen molar-refractivity contribution in [3.8, 4) is 5.75 Å². The third kappa shape index (κ3) is 7.77. The van der Waals surface area contributed by atoms with E-state index in [9.17, 15) is 29.1 Å². The number of carboxylic acid groups (broad SMARTS) is 1. The number of hydrogen-bond donors (Lipinski definition) is 6. The predicted octanol–water partition coefficient (Wildman–Crippen LogP) is -0.703. The second-order valence-electron chi connectivity index (χ2n) is 9.13. The number of hydrogen-bond acceptors (Lipinski definition) is 7. The van der Waals surface area contributed by atoms with Gasteiger partial charge in [0.25, 0.3) is 5.91 Å². The van der Waals surface area contributed by atoms with Crippen LogP contribution in [-0.2, 0) is 41.6 Å². The minimum atomic E-state index is -1.29. The molecule has 202 valence electrons. The first-order chi connectivity index (χ1) is 17.9. The van der Waals surface area contributed by atoms with Crippen LogP contribution in [0.5, 0.6) is 5.75 Å². The van der Waals surface area contributed by atoms with E-state index in [1.165, 1.54) is 19.1 Å². The number of nitrogens with one attached hydrogen (secondary N) is 3. The molecule has 2 aromatic carbocycles. The van der Waals surface area contributed by atoms with Gasteiger partial charge in [0.15, 0.2) is 12.2 Å². The van der Waals surface area contributed by atoms with Crippen molar-refractivity contribution < 1.29 is 38.9 Å². The normalized spacial score (nSPS) is 18.4. The van der Waals surface area contributed by atoms with Gasteiger partial charge in [-0.2, -0.15) is 0 Å². The lowest BCUT2D eigenvalue weighted by molar-refractivity contribution is -0.138. The SMILES string of the molecule is Cc1ccc(C[C@H](NC(=O)[C@H]2O[C@@H]2C(=O)O)C(=O)N[C@@H](C)C(=O)N[C@@H](Cc2ccc(O)cc2)C(N)=O)cc1. The van der Waals surface area contributed by atoms with Crippen molar-refractivity contribution in [2.24, 2.45) is 5.73 Å². The largest absolute Gasteiger partial charge is 0.508 e. The molecule has 1 aliphatic heterocycles. The third-order valence-electron chi connectivity index (χ3n) is 5.97. The molecule has 7 N–H and O–H groups in total. The summed E-state index contributed by atoms with van der Waals surface area (Å²) in [6.07, 6.45) is -2.35. The van der Waals surface area contributed by atoms with Crippen LogP contribution in [0.4, 0.5) is 0 Å². The number of carbonyl (C=O) groups is 5. The van der Waals surface area contributed by atoms with E-state index in [0.717, 1.165) is 11.1 Å². The molecule has 12 nitrogen and oxygen atoms in total. The number of ether oxygens (including phenoxy) is 1. The maximum absolute atomic E-state index is 13.1. The number of phenolic OH excluding ortho intramolecular Hbond substituents is 1. The van der Waals surface area contributed by atoms with E-state index in [4.69, 9.17) is 15.6 Å². The van der Waals surface area contributed by atoms with Crippen LogP contribution in [-0.4, -0.2) is 70.1 Å². The molecule has 1 heterocycles. The Bertz CT molecular complexity index is 1200. The molecule has 1 saturated heterocycles. The third-order valence-corrected chi connectivity index (χ3v) is 5.97. The number of carbonyl (C=O) groups excluding carboxylic acids is 4. The quantitative estimate of drug-likeness (QED) is 0.195. The number of amides is 4. The second-order valence-corrected chi connectivity index (χ2v) is 9.13. The van der Waals surface area contributed by atoms with Gasteiger partial charge in [-0.05, 0) is 37.1 Å². The van der Waals surface area contributed by atoms with Gasteiger partial charge in [0, 0.05) is 12.8 Å². The molecular formula is C26H30N4O8. The summed E-state index contributed by atoms with van der Waals surface area (Å²) in [5.74, 6) is -4.16. The molecule has 0 spiro atoms. The lowest BCUT2D eigenvalue weighted by Crippen LogP contribution is -2.56. The lowest BCUT2D eigenvalue weighted by atomic mass is 10.0. The minimum Gasteiger partial charge on any atom is -0.508 e. The van der Waals surface area contributed by atoms with E-state index < -0.39 is 59.9 Å². The molecule has 0 aromatic heterocycles. The highest BCUT2D eigenvalue weighted by Crippen LogP contribution is 2.22. The highest BCUT2D eigenvalue weighted by molar-refractivity contribution is 5.97. The summed E-state index contributed by atoms with van der Waals surface area (Å²) in [6.45, 7) is 3.30. The maximum Gasteiger partial charge on any atom is 0.336 e. The lowest BCUT2D eigenvalue weighted by Gasteiger charge is -2.23. The molecule has 5 atom stereocenters. The van der Waals surface area contributed by atoms with Crippen LogP contribution in [0.25, 0.3) is 0 Å². The Labute approximate surface area is 218 Å². The number of aliphatic carboxylic acids is 1. The topological polar surface area (TPSA) is 200 Å². The van der Waals surface area contributed by atoms with Gasteiger partial charge in [-0.1, -0.05) is 42.0 Å². The summed E-state index contributed by atoms with van der Waals surface area (Å²) in [4.78, 5) is 61.3. The van der Waals surface area contributed by atoms with Gasteiger partial charge in [0.05, 0.1) is 0 Å². The molecule has 0 aliphatic carbocycles.